The first-order chi connectivity index (χ1) is 18.3. The van der Waals surface area contributed by atoms with Crippen molar-refractivity contribution in [3.8, 4) is 0 Å². The van der Waals surface area contributed by atoms with E-state index in [1.165, 1.54) is 27.3 Å². The van der Waals surface area contributed by atoms with Gasteiger partial charge < -0.3 is 10.1 Å². The van der Waals surface area contributed by atoms with E-state index in [2.05, 4.69) is 25.9 Å². The third-order valence-corrected chi connectivity index (χ3v) is 5.28. The predicted molar refractivity (Wildman–Crippen MR) is 140 cm³/mol. The summed E-state index contributed by atoms with van der Waals surface area (Å²) < 4.78 is 7.73. The van der Waals surface area contributed by atoms with Crippen molar-refractivity contribution in [3.63, 3.8) is 0 Å². The number of rotatable bonds is 9. The van der Waals surface area contributed by atoms with Crippen molar-refractivity contribution in [1.29, 1.82) is 0 Å². The van der Waals surface area contributed by atoms with E-state index in [1.54, 1.807) is 13.0 Å². The Morgan fingerprint density at radius 3 is 2.45 bits per heavy atom. The van der Waals surface area contributed by atoms with Crippen LogP contribution in [0.2, 0.25) is 0 Å². The minimum atomic E-state index is -0.250. The van der Waals surface area contributed by atoms with Gasteiger partial charge in [0.1, 0.15) is 12.9 Å². The molecule has 0 fully saturated rings. The van der Waals surface area contributed by atoms with Crippen LogP contribution < -0.4 is 10.9 Å². The van der Waals surface area contributed by atoms with Gasteiger partial charge in [-0.05, 0) is 54.0 Å². The third kappa shape index (κ3) is 9.41. The Morgan fingerprint density at radius 2 is 1.74 bits per heavy atom. The Bertz CT molecular complexity index is 1380. The monoisotopic (exact) mass is 517 g/mol. The van der Waals surface area contributed by atoms with E-state index in [1.807, 2.05) is 62.4 Å². The van der Waals surface area contributed by atoms with E-state index in [0.717, 1.165) is 22.4 Å². The van der Waals surface area contributed by atoms with Crippen molar-refractivity contribution in [1.82, 2.24) is 35.3 Å². The molecule has 0 bridgehead atoms. The molecule has 38 heavy (non-hydrogen) atoms. The molecule has 1 amide bonds. The number of hydrogen-bond acceptors (Lipinski definition) is 8. The number of amides is 1. The second-order valence-corrected chi connectivity index (χ2v) is 8.54. The first-order valence-corrected chi connectivity index (χ1v) is 12.1. The number of nitrogens with zero attached hydrogens (tertiary/aromatic N) is 6. The van der Waals surface area contributed by atoms with Gasteiger partial charge >= 0.3 is 5.97 Å². The Labute approximate surface area is 220 Å². The zero-order valence-corrected chi connectivity index (χ0v) is 21.7. The number of esters is 1. The molecule has 0 aliphatic rings. The molecule has 0 saturated carbocycles. The SMILES string of the molecule is CCOC(=O)Cc1cccc(Cn2nc(C)ccc2=O)c1.Cc1ccc(CNC(=O)Cn2cnnn2)cc1. The Hall–Kier alpha value is -4.67. The van der Waals surface area contributed by atoms with Crippen molar-refractivity contribution in [2.24, 2.45) is 0 Å². The van der Waals surface area contributed by atoms with Gasteiger partial charge in [0.05, 0.1) is 25.3 Å². The number of aromatic nitrogens is 6. The minimum Gasteiger partial charge on any atom is -0.466 e. The van der Waals surface area contributed by atoms with Crippen molar-refractivity contribution >= 4 is 11.9 Å². The van der Waals surface area contributed by atoms with Gasteiger partial charge in [-0.2, -0.15) is 5.10 Å². The van der Waals surface area contributed by atoms with Crippen molar-refractivity contribution in [2.75, 3.05) is 6.61 Å². The summed E-state index contributed by atoms with van der Waals surface area (Å²) in [6.45, 7) is 7.07. The highest BCUT2D eigenvalue weighted by Gasteiger charge is 2.06. The summed E-state index contributed by atoms with van der Waals surface area (Å²) in [5.41, 5.74) is 4.71. The molecule has 0 unspecified atom stereocenters. The molecule has 2 aromatic carbocycles. The molecule has 0 atom stereocenters. The van der Waals surface area contributed by atoms with Crippen LogP contribution in [0.3, 0.4) is 0 Å². The van der Waals surface area contributed by atoms with Gasteiger partial charge in [-0.1, -0.05) is 54.1 Å². The quantitative estimate of drug-likeness (QED) is 0.333. The fraction of sp³-hybridized carbons (Fsp3) is 0.296. The summed E-state index contributed by atoms with van der Waals surface area (Å²) in [5, 5.41) is 17.5. The van der Waals surface area contributed by atoms with Crippen LogP contribution in [0.5, 0.6) is 0 Å². The number of aryl methyl sites for hydroxylation is 2. The summed E-state index contributed by atoms with van der Waals surface area (Å²) in [6.07, 6.45) is 1.64. The predicted octanol–water partition coefficient (Wildman–Crippen LogP) is 2.00. The van der Waals surface area contributed by atoms with Crippen molar-refractivity contribution in [2.45, 2.75) is 46.8 Å². The molecule has 0 spiro atoms. The fourth-order valence-electron chi connectivity index (χ4n) is 3.42. The average molecular weight is 518 g/mol. The number of benzene rings is 2. The lowest BCUT2D eigenvalue weighted by molar-refractivity contribution is -0.142. The summed E-state index contributed by atoms with van der Waals surface area (Å²) in [5.74, 6) is -0.363. The van der Waals surface area contributed by atoms with Gasteiger partial charge in [0, 0.05) is 12.6 Å². The van der Waals surface area contributed by atoms with Crippen molar-refractivity contribution < 1.29 is 14.3 Å². The van der Waals surface area contributed by atoms with Crippen LogP contribution in [0.1, 0.15) is 34.9 Å². The van der Waals surface area contributed by atoms with E-state index >= 15 is 0 Å². The first-order valence-electron chi connectivity index (χ1n) is 12.1. The first kappa shape index (κ1) is 27.9. The van der Waals surface area contributed by atoms with Gasteiger partial charge in [0.25, 0.3) is 5.56 Å². The molecule has 0 radical (unpaired) electrons. The maximum absolute atomic E-state index is 11.7. The van der Waals surface area contributed by atoms with E-state index < -0.39 is 0 Å². The molecule has 0 aliphatic heterocycles. The van der Waals surface area contributed by atoms with Crippen LogP contribution in [0.25, 0.3) is 0 Å². The minimum absolute atomic E-state index is 0.113. The second kappa shape index (κ2) is 14.2. The van der Waals surface area contributed by atoms with Crippen LogP contribution in [-0.2, 0) is 40.4 Å². The standard InChI is InChI=1S/C16H18N2O3.C11H13N5O/c1-3-21-16(20)10-13-5-4-6-14(9-13)11-18-15(19)8-7-12(2)17-18;1-9-2-4-10(5-3-9)6-12-11(17)7-16-8-13-14-15-16/h4-9H,3,10-11H2,1-2H3;2-5,8H,6-7H2,1H3,(H,12,17). The highest BCUT2D eigenvalue weighted by Crippen LogP contribution is 2.08. The molecule has 4 rings (SSSR count). The maximum atomic E-state index is 11.7. The Balaban J connectivity index is 0.000000215. The molecule has 2 aromatic heterocycles. The number of tetrazole rings is 1. The van der Waals surface area contributed by atoms with Gasteiger partial charge in [-0.15, -0.1) is 5.10 Å². The van der Waals surface area contributed by atoms with E-state index in [-0.39, 0.29) is 30.4 Å². The third-order valence-electron chi connectivity index (χ3n) is 5.28. The molecule has 1 N–H and O–H groups in total. The number of hydrogen-bond donors (Lipinski definition) is 1. The van der Waals surface area contributed by atoms with Gasteiger partial charge in [-0.25, -0.2) is 9.36 Å². The Morgan fingerprint density at radius 1 is 0.974 bits per heavy atom. The van der Waals surface area contributed by atoms with E-state index in [9.17, 15) is 14.4 Å². The van der Waals surface area contributed by atoms with Crippen LogP contribution in [0.15, 0.2) is 71.8 Å². The van der Waals surface area contributed by atoms with Crippen LogP contribution >= 0.6 is 0 Å². The number of carbonyl (C=O) groups excluding carboxylic acids is 2. The molecule has 0 aliphatic carbocycles. The maximum Gasteiger partial charge on any atom is 0.310 e. The van der Waals surface area contributed by atoms with Crippen LogP contribution in [0, 0.1) is 13.8 Å². The highest BCUT2D eigenvalue weighted by atomic mass is 16.5. The lowest BCUT2D eigenvalue weighted by Crippen LogP contribution is -2.27. The topological polar surface area (TPSA) is 134 Å². The fourth-order valence-corrected chi connectivity index (χ4v) is 3.42. The summed E-state index contributed by atoms with van der Waals surface area (Å²) in [4.78, 5) is 34.8. The molecular weight excluding hydrogens is 486 g/mol. The highest BCUT2D eigenvalue weighted by molar-refractivity contribution is 5.75. The number of ether oxygens (including phenoxy) is 1. The van der Waals surface area contributed by atoms with E-state index in [0.29, 0.717) is 19.7 Å². The Kier molecular flexibility index (Phi) is 10.4. The van der Waals surface area contributed by atoms with Crippen LogP contribution in [-0.4, -0.2) is 48.5 Å². The van der Waals surface area contributed by atoms with E-state index in [4.69, 9.17) is 4.74 Å². The van der Waals surface area contributed by atoms with Gasteiger partial charge in [0.15, 0.2) is 0 Å². The molecule has 0 saturated heterocycles. The number of carbonyl (C=O) groups is 2. The lowest BCUT2D eigenvalue weighted by Gasteiger charge is -2.07. The summed E-state index contributed by atoms with van der Waals surface area (Å²) >= 11 is 0. The van der Waals surface area contributed by atoms with Gasteiger partial charge in [0.2, 0.25) is 5.91 Å². The largest absolute Gasteiger partial charge is 0.466 e. The molecular formula is C27H31N7O4. The molecule has 198 valence electrons. The van der Waals surface area contributed by atoms with Gasteiger partial charge in [-0.3, -0.25) is 14.4 Å². The average Bonchev–Trinajstić information content (AvgIpc) is 3.40. The molecule has 2 heterocycles. The zero-order valence-electron chi connectivity index (χ0n) is 21.7. The van der Waals surface area contributed by atoms with Crippen LogP contribution in [0.4, 0.5) is 0 Å². The normalized spacial score (nSPS) is 10.3. The van der Waals surface area contributed by atoms with Crippen molar-refractivity contribution in [3.05, 3.63) is 105 Å². The lowest BCUT2D eigenvalue weighted by atomic mass is 10.1. The smallest absolute Gasteiger partial charge is 0.310 e. The molecule has 11 nitrogen and oxygen atoms in total. The summed E-state index contributed by atoms with van der Waals surface area (Å²) in [7, 11) is 0. The molecule has 11 heteroatoms. The second-order valence-electron chi connectivity index (χ2n) is 8.54. The number of nitrogens with one attached hydrogen (secondary N) is 1. The summed E-state index contributed by atoms with van der Waals surface area (Å²) in [6, 6.07) is 18.8. The molecule has 4 aromatic rings. The zero-order chi connectivity index (χ0) is 27.3.